The van der Waals surface area contributed by atoms with Crippen LogP contribution in [0.25, 0.3) is 0 Å². The molecule has 2 aliphatic rings. The van der Waals surface area contributed by atoms with E-state index in [1.165, 1.54) is 0 Å². The highest BCUT2D eigenvalue weighted by Crippen LogP contribution is 2.34. The van der Waals surface area contributed by atoms with Crippen molar-refractivity contribution < 1.29 is 9.32 Å². The molecule has 0 bridgehead atoms. The summed E-state index contributed by atoms with van der Waals surface area (Å²) in [7, 11) is 1.56. The number of hydrogen-bond donors (Lipinski definition) is 2. The minimum Gasteiger partial charge on any atom is -0.352 e. The number of amides is 1. The summed E-state index contributed by atoms with van der Waals surface area (Å²) in [4.78, 5) is 18.2. The van der Waals surface area contributed by atoms with Crippen LogP contribution in [-0.2, 0) is 0 Å². The molecule has 0 radical (unpaired) electrons. The Morgan fingerprint density at radius 1 is 1.40 bits per heavy atom. The van der Waals surface area contributed by atoms with E-state index in [0.717, 1.165) is 45.3 Å². The van der Waals surface area contributed by atoms with Crippen LogP contribution in [-0.4, -0.2) is 53.7 Å². The summed E-state index contributed by atoms with van der Waals surface area (Å²) in [5.74, 6) is 0.408. The van der Waals surface area contributed by atoms with E-state index in [-0.39, 0.29) is 17.8 Å². The van der Waals surface area contributed by atoms with Crippen LogP contribution >= 0.6 is 0 Å². The van der Waals surface area contributed by atoms with Crippen LogP contribution in [0.4, 0.5) is 0 Å². The van der Waals surface area contributed by atoms with Crippen LogP contribution in [0.2, 0.25) is 0 Å². The van der Waals surface area contributed by atoms with Crippen molar-refractivity contribution in [3.63, 3.8) is 0 Å². The Hall–Kier alpha value is -1.47. The van der Waals surface area contributed by atoms with Gasteiger partial charge in [0.15, 0.2) is 0 Å². The highest BCUT2D eigenvalue weighted by molar-refractivity contribution is 5.89. The zero-order valence-corrected chi connectivity index (χ0v) is 11.8. The molecule has 3 rings (SSSR count). The highest BCUT2D eigenvalue weighted by atomic mass is 16.5. The molecule has 1 amide bonds. The number of hydrogen-bond acceptors (Lipinski definition) is 6. The molecule has 0 spiro atoms. The predicted octanol–water partition coefficient (Wildman–Crippen LogP) is 0.318. The normalized spacial score (nSPS) is 24.9. The molecule has 1 unspecified atom stereocenters. The molecular formula is C13H21N5O2. The third-order valence-electron chi connectivity index (χ3n) is 4.23. The van der Waals surface area contributed by atoms with Crippen molar-refractivity contribution in [2.45, 2.75) is 37.8 Å². The van der Waals surface area contributed by atoms with Crippen molar-refractivity contribution in [1.82, 2.24) is 25.7 Å². The summed E-state index contributed by atoms with van der Waals surface area (Å²) >= 11 is 0. The van der Waals surface area contributed by atoms with E-state index in [0.29, 0.717) is 11.9 Å². The highest BCUT2D eigenvalue weighted by Gasteiger charge is 2.36. The van der Waals surface area contributed by atoms with Gasteiger partial charge in [0, 0.05) is 13.1 Å². The van der Waals surface area contributed by atoms with Crippen molar-refractivity contribution in [1.29, 1.82) is 0 Å². The lowest BCUT2D eigenvalue weighted by molar-refractivity contribution is 0.0949. The average Bonchev–Trinajstić information content (AvgIpc) is 3.15. The van der Waals surface area contributed by atoms with Crippen molar-refractivity contribution in [3.8, 4) is 0 Å². The number of piperidine rings is 1. The number of nitrogens with one attached hydrogen (secondary N) is 2. The molecule has 2 N–H and O–H groups in total. The van der Waals surface area contributed by atoms with Gasteiger partial charge in [-0.15, -0.1) is 0 Å². The molecule has 20 heavy (non-hydrogen) atoms. The predicted molar refractivity (Wildman–Crippen MR) is 72.3 cm³/mol. The maximum atomic E-state index is 11.5. The van der Waals surface area contributed by atoms with Crippen LogP contribution in [0.3, 0.4) is 0 Å². The van der Waals surface area contributed by atoms with Gasteiger partial charge < -0.3 is 15.2 Å². The third-order valence-corrected chi connectivity index (χ3v) is 4.23. The minimum absolute atomic E-state index is 0.125. The third kappa shape index (κ3) is 2.55. The van der Waals surface area contributed by atoms with Crippen molar-refractivity contribution in [2.24, 2.45) is 0 Å². The van der Waals surface area contributed by atoms with Crippen LogP contribution in [0.1, 0.15) is 48.2 Å². The summed E-state index contributed by atoms with van der Waals surface area (Å²) in [6.45, 7) is 3.22. The van der Waals surface area contributed by atoms with Crippen molar-refractivity contribution >= 4 is 5.91 Å². The Kier molecular flexibility index (Phi) is 3.98. The van der Waals surface area contributed by atoms with Gasteiger partial charge in [-0.3, -0.25) is 9.69 Å². The number of nitrogens with zero attached hydrogens (tertiary/aromatic N) is 3. The number of aromatic nitrogens is 2. The molecule has 1 aromatic heterocycles. The van der Waals surface area contributed by atoms with Gasteiger partial charge in [0.05, 0.1) is 6.04 Å². The Labute approximate surface area is 118 Å². The summed E-state index contributed by atoms with van der Waals surface area (Å²) in [5, 5.41) is 9.68. The average molecular weight is 279 g/mol. The standard InChI is InChI=1S/C13H21N5O2/c1-14-12(19)11-16-13(20-17-11)10-3-2-8-18(10)9-4-6-15-7-5-9/h9-10,15H,2-8H2,1H3,(H,14,19). The monoisotopic (exact) mass is 279 g/mol. The lowest BCUT2D eigenvalue weighted by atomic mass is 10.0. The molecule has 0 aliphatic carbocycles. The lowest BCUT2D eigenvalue weighted by Crippen LogP contribution is -2.42. The first-order valence-corrected chi connectivity index (χ1v) is 7.31. The zero-order valence-electron chi connectivity index (χ0n) is 11.8. The van der Waals surface area contributed by atoms with Gasteiger partial charge >= 0.3 is 0 Å². The molecule has 1 atom stereocenters. The molecule has 0 saturated carbocycles. The molecule has 1 aromatic rings. The van der Waals surface area contributed by atoms with Crippen LogP contribution in [0.15, 0.2) is 4.52 Å². The first-order chi connectivity index (χ1) is 9.79. The maximum Gasteiger partial charge on any atom is 0.292 e. The van der Waals surface area contributed by atoms with E-state index in [1.807, 2.05) is 0 Å². The summed E-state index contributed by atoms with van der Waals surface area (Å²) in [5.41, 5.74) is 0. The molecule has 7 nitrogen and oxygen atoms in total. The van der Waals surface area contributed by atoms with Gasteiger partial charge in [0.2, 0.25) is 5.89 Å². The molecular weight excluding hydrogens is 258 g/mol. The fourth-order valence-corrected chi connectivity index (χ4v) is 3.20. The van der Waals surface area contributed by atoms with E-state index < -0.39 is 0 Å². The molecule has 0 aromatic carbocycles. The van der Waals surface area contributed by atoms with E-state index in [2.05, 4.69) is 25.7 Å². The molecule has 2 fully saturated rings. The molecule has 3 heterocycles. The first kappa shape index (κ1) is 13.5. The fourth-order valence-electron chi connectivity index (χ4n) is 3.20. The van der Waals surface area contributed by atoms with Crippen molar-refractivity contribution in [2.75, 3.05) is 26.7 Å². The van der Waals surface area contributed by atoms with Gasteiger partial charge in [-0.05, 0) is 45.3 Å². The summed E-state index contributed by atoms with van der Waals surface area (Å²) in [6, 6.07) is 0.753. The lowest BCUT2D eigenvalue weighted by Gasteiger charge is -2.34. The minimum atomic E-state index is -0.300. The molecule has 2 aliphatic heterocycles. The van der Waals surface area contributed by atoms with Gasteiger partial charge in [-0.25, -0.2) is 0 Å². The zero-order chi connectivity index (χ0) is 13.9. The second-order valence-electron chi connectivity index (χ2n) is 5.41. The molecule has 110 valence electrons. The largest absolute Gasteiger partial charge is 0.352 e. The number of rotatable bonds is 3. The van der Waals surface area contributed by atoms with Crippen molar-refractivity contribution in [3.05, 3.63) is 11.7 Å². The summed E-state index contributed by atoms with van der Waals surface area (Å²) in [6.07, 6.45) is 4.49. The first-order valence-electron chi connectivity index (χ1n) is 7.31. The SMILES string of the molecule is CNC(=O)c1noc(C2CCCN2C2CCNCC2)n1. The number of likely N-dealkylation sites (tertiary alicyclic amines) is 1. The number of carbonyl (C=O) groups is 1. The van der Waals surface area contributed by atoms with E-state index in [4.69, 9.17) is 4.52 Å². The fraction of sp³-hybridized carbons (Fsp3) is 0.769. The molecule has 2 saturated heterocycles. The van der Waals surface area contributed by atoms with E-state index >= 15 is 0 Å². The molecule has 7 heteroatoms. The Morgan fingerprint density at radius 2 is 2.20 bits per heavy atom. The Bertz CT molecular complexity index is 469. The summed E-state index contributed by atoms with van der Waals surface area (Å²) < 4.78 is 5.31. The van der Waals surface area contributed by atoms with Crippen LogP contribution < -0.4 is 10.6 Å². The second-order valence-corrected chi connectivity index (χ2v) is 5.41. The van der Waals surface area contributed by atoms with Crippen LogP contribution in [0.5, 0.6) is 0 Å². The maximum absolute atomic E-state index is 11.5. The Morgan fingerprint density at radius 3 is 2.95 bits per heavy atom. The second kappa shape index (κ2) is 5.88. The quantitative estimate of drug-likeness (QED) is 0.829. The Balaban J connectivity index is 1.74. The number of carbonyl (C=O) groups excluding carboxylic acids is 1. The van der Waals surface area contributed by atoms with Gasteiger partial charge in [0.1, 0.15) is 0 Å². The van der Waals surface area contributed by atoms with Gasteiger partial charge in [0.25, 0.3) is 11.7 Å². The smallest absolute Gasteiger partial charge is 0.292 e. The van der Waals surface area contributed by atoms with E-state index in [9.17, 15) is 4.79 Å². The van der Waals surface area contributed by atoms with Crippen LogP contribution in [0, 0.1) is 0 Å². The topological polar surface area (TPSA) is 83.3 Å². The van der Waals surface area contributed by atoms with E-state index in [1.54, 1.807) is 7.05 Å². The van der Waals surface area contributed by atoms with Gasteiger partial charge in [-0.2, -0.15) is 4.98 Å². The van der Waals surface area contributed by atoms with Gasteiger partial charge in [-0.1, -0.05) is 5.16 Å².